The van der Waals surface area contributed by atoms with Crippen molar-refractivity contribution in [1.29, 1.82) is 0 Å². The lowest BCUT2D eigenvalue weighted by atomic mass is 9.92. The molecule has 0 spiro atoms. The van der Waals surface area contributed by atoms with Crippen LogP contribution in [0.3, 0.4) is 0 Å². The average Bonchev–Trinajstić information content (AvgIpc) is 2.59. The molecule has 102 valence electrons. The Bertz CT molecular complexity index is 428. The Morgan fingerprint density at radius 3 is 2.61 bits per heavy atom. The molecule has 0 saturated heterocycles. The third-order valence-corrected chi connectivity index (χ3v) is 3.00. The number of aryl methyl sites for hydroxylation is 2. The Hall–Kier alpha value is -1.56. The summed E-state index contributed by atoms with van der Waals surface area (Å²) in [6.45, 7) is 3.61. The molecule has 0 aliphatic carbocycles. The van der Waals surface area contributed by atoms with Gasteiger partial charge in [-0.1, -0.05) is 13.3 Å². The van der Waals surface area contributed by atoms with E-state index in [4.69, 9.17) is 9.84 Å². The van der Waals surface area contributed by atoms with Gasteiger partial charge in [-0.2, -0.15) is 5.10 Å². The van der Waals surface area contributed by atoms with E-state index in [0.29, 0.717) is 30.0 Å². The molecule has 6 heteroatoms. The van der Waals surface area contributed by atoms with Crippen molar-refractivity contribution in [2.45, 2.75) is 32.8 Å². The number of hydrogen-bond donors (Lipinski definition) is 2. The van der Waals surface area contributed by atoms with Crippen molar-refractivity contribution in [2.75, 3.05) is 7.11 Å². The van der Waals surface area contributed by atoms with E-state index >= 15 is 0 Å². The van der Waals surface area contributed by atoms with Crippen LogP contribution in [0.25, 0.3) is 0 Å². The highest BCUT2D eigenvalue weighted by Gasteiger charge is 2.32. The number of methoxy groups -OCH3 is 1. The number of aliphatic hydroxyl groups is 1. The summed E-state index contributed by atoms with van der Waals surface area (Å²) in [7, 11) is 3.17. The number of carboxylic acids is 1. The Morgan fingerprint density at radius 2 is 2.17 bits per heavy atom. The molecule has 18 heavy (non-hydrogen) atoms. The van der Waals surface area contributed by atoms with E-state index in [1.165, 1.54) is 11.8 Å². The summed E-state index contributed by atoms with van der Waals surface area (Å²) in [5, 5.41) is 23.6. The maximum absolute atomic E-state index is 11.2. The topological polar surface area (TPSA) is 84.6 Å². The van der Waals surface area contributed by atoms with E-state index in [9.17, 15) is 9.90 Å². The van der Waals surface area contributed by atoms with Crippen molar-refractivity contribution in [3.63, 3.8) is 0 Å². The van der Waals surface area contributed by atoms with Crippen molar-refractivity contribution < 1.29 is 19.7 Å². The van der Waals surface area contributed by atoms with Crippen LogP contribution in [-0.4, -0.2) is 33.1 Å². The summed E-state index contributed by atoms with van der Waals surface area (Å²) in [6.07, 6.45) is -0.00463. The van der Waals surface area contributed by atoms with Gasteiger partial charge >= 0.3 is 5.97 Å². The molecule has 1 heterocycles. The second-order valence-electron chi connectivity index (χ2n) is 4.31. The smallest absolute Gasteiger partial charge is 0.309 e. The standard InChI is InChI=1S/C12H20N2O4/c1-5-6-8(12(16)17)10(15)9-7(2)13-14(3)11(9)18-4/h8,10,15H,5-6H2,1-4H3,(H,16,17). The molecule has 0 fully saturated rings. The number of hydrogen-bond acceptors (Lipinski definition) is 4. The third-order valence-electron chi connectivity index (χ3n) is 3.00. The maximum atomic E-state index is 11.2. The minimum Gasteiger partial charge on any atom is -0.481 e. The SMILES string of the molecule is CCCC(C(=O)O)C(O)c1c(C)nn(C)c1OC. The monoisotopic (exact) mass is 256 g/mol. The number of aliphatic hydroxyl groups excluding tert-OH is 1. The lowest BCUT2D eigenvalue weighted by Crippen LogP contribution is -2.22. The lowest BCUT2D eigenvalue weighted by molar-refractivity contribution is -0.146. The molecule has 0 bridgehead atoms. The number of carbonyl (C=O) groups is 1. The fraction of sp³-hybridized carbons (Fsp3) is 0.667. The number of aromatic nitrogens is 2. The zero-order valence-electron chi connectivity index (χ0n) is 11.2. The van der Waals surface area contributed by atoms with Gasteiger partial charge in [-0.3, -0.25) is 4.79 Å². The van der Waals surface area contributed by atoms with Crippen molar-refractivity contribution >= 4 is 5.97 Å². The van der Waals surface area contributed by atoms with Gasteiger partial charge in [-0.05, 0) is 13.3 Å². The molecule has 0 saturated carbocycles. The molecule has 1 aromatic rings. The third kappa shape index (κ3) is 2.64. The molecule has 1 rings (SSSR count). The van der Waals surface area contributed by atoms with Crippen molar-refractivity contribution in [3.05, 3.63) is 11.3 Å². The van der Waals surface area contributed by atoms with Crippen LogP contribution in [0.2, 0.25) is 0 Å². The van der Waals surface area contributed by atoms with E-state index in [-0.39, 0.29) is 0 Å². The average molecular weight is 256 g/mol. The van der Waals surface area contributed by atoms with Crippen molar-refractivity contribution in [3.8, 4) is 5.88 Å². The van der Waals surface area contributed by atoms with Crippen LogP contribution in [0.15, 0.2) is 0 Å². The number of rotatable bonds is 6. The van der Waals surface area contributed by atoms with Gasteiger partial charge in [0.15, 0.2) is 0 Å². The number of nitrogens with zero attached hydrogens (tertiary/aromatic N) is 2. The molecule has 0 aromatic carbocycles. The molecule has 2 atom stereocenters. The molecule has 0 aliphatic heterocycles. The van der Waals surface area contributed by atoms with Crippen molar-refractivity contribution in [2.24, 2.45) is 13.0 Å². The summed E-state index contributed by atoms with van der Waals surface area (Å²) in [5.74, 6) is -1.44. The summed E-state index contributed by atoms with van der Waals surface area (Å²) < 4.78 is 6.67. The normalized spacial score (nSPS) is 14.3. The van der Waals surface area contributed by atoms with Gasteiger partial charge in [0.1, 0.15) is 0 Å². The van der Waals surface area contributed by atoms with Gasteiger partial charge in [-0.25, -0.2) is 4.68 Å². The van der Waals surface area contributed by atoms with Gasteiger partial charge in [-0.15, -0.1) is 0 Å². The zero-order chi connectivity index (χ0) is 13.9. The summed E-state index contributed by atoms with van der Waals surface area (Å²) in [4.78, 5) is 11.2. The Kier molecular flexibility index (Phi) is 4.72. The molecule has 2 N–H and O–H groups in total. The van der Waals surface area contributed by atoms with Crippen LogP contribution in [0.4, 0.5) is 0 Å². The van der Waals surface area contributed by atoms with Gasteiger partial charge < -0.3 is 14.9 Å². The first-order valence-electron chi connectivity index (χ1n) is 5.92. The minimum atomic E-state index is -1.11. The second kappa shape index (κ2) is 5.86. The van der Waals surface area contributed by atoms with Crippen LogP contribution in [-0.2, 0) is 11.8 Å². The highest BCUT2D eigenvalue weighted by atomic mass is 16.5. The van der Waals surface area contributed by atoms with Crippen LogP contribution in [0, 0.1) is 12.8 Å². The number of aliphatic carboxylic acids is 1. The molecule has 1 aromatic heterocycles. The largest absolute Gasteiger partial charge is 0.481 e. The van der Waals surface area contributed by atoms with Crippen LogP contribution < -0.4 is 4.74 Å². The van der Waals surface area contributed by atoms with E-state index in [1.807, 2.05) is 6.92 Å². The van der Waals surface area contributed by atoms with Crippen molar-refractivity contribution in [1.82, 2.24) is 9.78 Å². The Balaban J connectivity index is 3.15. The first-order valence-corrected chi connectivity index (χ1v) is 5.92. The van der Waals surface area contributed by atoms with Crippen LogP contribution in [0.1, 0.15) is 37.1 Å². The fourth-order valence-corrected chi connectivity index (χ4v) is 2.16. The molecule has 0 aliphatic rings. The molecular formula is C12H20N2O4. The predicted octanol–water partition coefficient (Wildman–Crippen LogP) is 1.27. The first kappa shape index (κ1) is 14.5. The maximum Gasteiger partial charge on any atom is 0.309 e. The van der Waals surface area contributed by atoms with Crippen LogP contribution in [0.5, 0.6) is 5.88 Å². The Morgan fingerprint density at radius 1 is 1.56 bits per heavy atom. The Labute approximate surface area is 106 Å². The van der Waals surface area contributed by atoms with Crippen LogP contribution >= 0.6 is 0 Å². The predicted molar refractivity (Wildman–Crippen MR) is 65.5 cm³/mol. The minimum absolute atomic E-state index is 0.405. The summed E-state index contributed by atoms with van der Waals surface area (Å²) in [6, 6.07) is 0. The summed E-state index contributed by atoms with van der Waals surface area (Å²) >= 11 is 0. The van der Waals surface area contributed by atoms with E-state index in [1.54, 1.807) is 14.0 Å². The van der Waals surface area contributed by atoms with E-state index in [2.05, 4.69) is 5.10 Å². The highest BCUT2D eigenvalue weighted by Crippen LogP contribution is 2.34. The first-order chi connectivity index (χ1) is 8.43. The summed E-state index contributed by atoms with van der Waals surface area (Å²) in [5.41, 5.74) is 1.05. The molecular weight excluding hydrogens is 236 g/mol. The molecule has 0 radical (unpaired) electrons. The molecule has 6 nitrogen and oxygen atoms in total. The number of carboxylic acid groups (broad SMARTS) is 1. The van der Waals surface area contributed by atoms with Gasteiger partial charge in [0.2, 0.25) is 5.88 Å². The molecule has 2 unspecified atom stereocenters. The van der Waals surface area contributed by atoms with Gasteiger partial charge in [0.25, 0.3) is 0 Å². The number of ether oxygens (including phenoxy) is 1. The van der Waals surface area contributed by atoms with Gasteiger partial charge in [0, 0.05) is 7.05 Å². The highest BCUT2D eigenvalue weighted by molar-refractivity contribution is 5.71. The van der Waals surface area contributed by atoms with E-state index < -0.39 is 18.0 Å². The fourth-order valence-electron chi connectivity index (χ4n) is 2.16. The lowest BCUT2D eigenvalue weighted by Gasteiger charge is -2.19. The molecule has 0 amide bonds. The second-order valence-corrected chi connectivity index (χ2v) is 4.31. The zero-order valence-corrected chi connectivity index (χ0v) is 11.2. The quantitative estimate of drug-likeness (QED) is 0.800. The van der Waals surface area contributed by atoms with E-state index in [0.717, 1.165) is 0 Å². The van der Waals surface area contributed by atoms with Gasteiger partial charge in [0.05, 0.1) is 30.4 Å².